The van der Waals surface area contributed by atoms with Gasteiger partial charge in [-0.25, -0.2) is 9.97 Å². The first-order valence-electron chi connectivity index (χ1n) is 8.98. The molecule has 8 heteroatoms. The van der Waals surface area contributed by atoms with Crippen molar-refractivity contribution in [1.82, 2.24) is 30.0 Å². The van der Waals surface area contributed by atoms with Crippen molar-refractivity contribution in [3.63, 3.8) is 0 Å². The van der Waals surface area contributed by atoms with Crippen molar-refractivity contribution in [2.75, 3.05) is 13.2 Å². The van der Waals surface area contributed by atoms with Crippen molar-refractivity contribution in [3.05, 3.63) is 42.1 Å². The Balaban J connectivity index is 1.45. The Morgan fingerprint density at radius 3 is 3.23 bits per heavy atom. The maximum Gasteiger partial charge on any atom is 0.269 e. The molecule has 0 bridgehead atoms. The Hall–Kier alpha value is -2.74. The number of fused-ring (bicyclic) bond motifs is 1. The van der Waals surface area contributed by atoms with Crippen LogP contribution in [-0.4, -0.2) is 43.8 Å². The summed E-state index contributed by atoms with van der Waals surface area (Å²) in [4.78, 5) is 23.9. The molecule has 2 N–H and O–H groups in total. The van der Waals surface area contributed by atoms with Gasteiger partial charge in [-0.3, -0.25) is 9.48 Å². The second-order valence-electron chi connectivity index (χ2n) is 6.45. The van der Waals surface area contributed by atoms with Crippen LogP contribution < -0.4 is 5.32 Å². The molecular formula is C18H22N6O2. The number of rotatable bonds is 5. The summed E-state index contributed by atoms with van der Waals surface area (Å²) in [7, 11) is 0. The Morgan fingerprint density at radius 1 is 1.42 bits per heavy atom. The van der Waals surface area contributed by atoms with Gasteiger partial charge in [0.05, 0.1) is 17.5 Å². The molecule has 26 heavy (non-hydrogen) atoms. The minimum Gasteiger partial charge on any atom is -0.372 e. The monoisotopic (exact) mass is 354 g/mol. The molecule has 1 saturated heterocycles. The normalized spacial score (nSPS) is 20.3. The number of carbonyl (C=O) groups excluding carboxylic acids is 1. The molecule has 4 rings (SSSR count). The zero-order valence-corrected chi connectivity index (χ0v) is 14.7. The third kappa shape index (κ3) is 3.20. The van der Waals surface area contributed by atoms with Gasteiger partial charge in [0.1, 0.15) is 11.8 Å². The molecule has 0 saturated carbocycles. The molecule has 3 aromatic rings. The maximum absolute atomic E-state index is 12.5. The molecule has 1 fully saturated rings. The fraction of sp³-hybridized carbons (Fsp3) is 0.444. The van der Waals surface area contributed by atoms with E-state index >= 15 is 0 Å². The summed E-state index contributed by atoms with van der Waals surface area (Å²) in [6, 6.07) is 5.52. The lowest BCUT2D eigenvalue weighted by Crippen LogP contribution is -2.36. The van der Waals surface area contributed by atoms with Crippen LogP contribution in [0.25, 0.3) is 11.2 Å². The van der Waals surface area contributed by atoms with Crippen LogP contribution in [0.15, 0.2) is 30.7 Å². The van der Waals surface area contributed by atoms with E-state index in [2.05, 4.69) is 32.3 Å². The Kier molecular flexibility index (Phi) is 4.66. The predicted octanol–water partition coefficient (Wildman–Crippen LogP) is 2.07. The largest absolute Gasteiger partial charge is 0.372 e. The molecule has 3 aromatic heterocycles. The Bertz CT molecular complexity index is 902. The predicted molar refractivity (Wildman–Crippen MR) is 95.5 cm³/mol. The number of pyridine rings is 1. The highest BCUT2D eigenvalue weighted by Gasteiger charge is 2.30. The van der Waals surface area contributed by atoms with Crippen LogP contribution in [0.3, 0.4) is 0 Å². The van der Waals surface area contributed by atoms with Crippen molar-refractivity contribution in [3.8, 4) is 0 Å². The standard InChI is InChI=1S/C18H22N6O2/c1-2-24-15(7-8-22-24)16-12(4-3-9-26-16)10-19-18(25)14-6-5-13-17(23-14)21-11-20-13/h5-8,11-12,16H,2-4,9-10H2,1H3,(H,19,25)(H,20,21,23)/t12-,16+/m0/s1. The van der Waals surface area contributed by atoms with E-state index in [0.717, 1.165) is 37.2 Å². The average Bonchev–Trinajstić information content (AvgIpc) is 3.34. The highest BCUT2D eigenvalue weighted by molar-refractivity contribution is 5.93. The number of nitrogens with one attached hydrogen (secondary N) is 2. The minimum atomic E-state index is -0.191. The van der Waals surface area contributed by atoms with E-state index in [1.807, 2.05) is 16.8 Å². The summed E-state index contributed by atoms with van der Waals surface area (Å²) in [5.74, 6) is 0.0204. The quantitative estimate of drug-likeness (QED) is 0.731. The summed E-state index contributed by atoms with van der Waals surface area (Å²) in [5, 5.41) is 7.35. The van der Waals surface area contributed by atoms with Crippen molar-refractivity contribution in [2.45, 2.75) is 32.4 Å². The van der Waals surface area contributed by atoms with Crippen LogP contribution in [0.2, 0.25) is 0 Å². The second-order valence-corrected chi connectivity index (χ2v) is 6.45. The first kappa shape index (κ1) is 16.7. The van der Waals surface area contributed by atoms with Gasteiger partial charge in [0.2, 0.25) is 0 Å². The number of imidazole rings is 1. The Morgan fingerprint density at radius 2 is 2.35 bits per heavy atom. The van der Waals surface area contributed by atoms with E-state index < -0.39 is 0 Å². The van der Waals surface area contributed by atoms with Crippen LogP contribution >= 0.6 is 0 Å². The summed E-state index contributed by atoms with van der Waals surface area (Å²) >= 11 is 0. The number of H-pyrrole nitrogens is 1. The summed E-state index contributed by atoms with van der Waals surface area (Å²) in [5.41, 5.74) is 2.80. The zero-order chi connectivity index (χ0) is 17.9. The van der Waals surface area contributed by atoms with Crippen molar-refractivity contribution in [2.24, 2.45) is 5.92 Å². The van der Waals surface area contributed by atoms with Gasteiger partial charge in [-0.15, -0.1) is 0 Å². The van der Waals surface area contributed by atoms with Gasteiger partial charge in [0.15, 0.2) is 5.65 Å². The number of carbonyl (C=O) groups is 1. The van der Waals surface area contributed by atoms with E-state index in [1.54, 1.807) is 18.6 Å². The molecular weight excluding hydrogens is 332 g/mol. The summed E-state index contributed by atoms with van der Waals surface area (Å²) in [6.45, 7) is 4.14. The van der Waals surface area contributed by atoms with Crippen LogP contribution in [-0.2, 0) is 11.3 Å². The van der Waals surface area contributed by atoms with Crippen LogP contribution in [0.1, 0.15) is 42.1 Å². The van der Waals surface area contributed by atoms with Crippen LogP contribution in [0, 0.1) is 5.92 Å². The third-order valence-electron chi connectivity index (χ3n) is 4.82. The lowest BCUT2D eigenvalue weighted by molar-refractivity contribution is -0.0321. The van der Waals surface area contributed by atoms with Crippen molar-refractivity contribution < 1.29 is 9.53 Å². The third-order valence-corrected chi connectivity index (χ3v) is 4.82. The molecule has 136 valence electrons. The topological polar surface area (TPSA) is 97.7 Å². The van der Waals surface area contributed by atoms with Crippen molar-refractivity contribution in [1.29, 1.82) is 0 Å². The second kappa shape index (κ2) is 7.25. The van der Waals surface area contributed by atoms with Crippen LogP contribution in [0.5, 0.6) is 0 Å². The molecule has 0 spiro atoms. The van der Waals surface area contributed by atoms with E-state index in [1.165, 1.54) is 0 Å². The van der Waals surface area contributed by atoms with Gasteiger partial charge in [0.25, 0.3) is 5.91 Å². The lowest BCUT2D eigenvalue weighted by atomic mass is 9.92. The fourth-order valence-electron chi connectivity index (χ4n) is 3.49. The number of aromatic nitrogens is 5. The summed E-state index contributed by atoms with van der Waals surface area (Å²) < 4.78 is 7.98. The average molecular weight is 354 g/mol. The molecule has 2 atom stereocenters. The number of hydrogen-bond acceptors (Lipinski definition) is 5. The SMILES string of the molecule is CCn1nccc1[C@@H]1OCCC[C@H]1CNC(=O)c1ccc2[nH]cnc2n1. The maximum atomic E-state index is 12.5. The molecule has 1 aliphatic heterocycles. The zero-order valence-electron chi connectivity index (χ0n) is 14.7. The van der Waals surface area contributed by atoms with E-state index in [0.29, 0.717) is 17.9 Å². The number of nitrogens with zero attached hydrogens (tertiary/aromatic N) is 4. The number of amides is 1. The highest BCUT2D eigenvalue weighted by Crippen LogP contribution is 2.33. The van der Waals surface area contributed by atoms with Gasteiger partial charge in [0, 0.05) is 31.8 Å². The lowest BCUT2D eigenvalue weighted by Gasteiger charge is -2.32. The molecule has 8 nitrogen and oxygen atoms in total. The van der Waals surface area contributed by atoms with Gasteiger partial charge < -0.3 is 15.0 Å². The van der Waals surface area contributed by atoms with Crippen LogP contribution in [0.4, 0.5) is 0 Å². The number of hydrogen-bond donors (Lipinski definition) is 2. The van der Waals surface area contributed by atoms with Gasteiger partial charge >= 0.3 is 0 Å². The van der Waals surface area contributed by atoms with E-state index in [4.69, 9.17) is 4.74 Å². The van der Waals surface area contributed by atoms with E-state index in [9.17, 15) is 4.79 Å². The molecule has 1 aliphatic rings. The molecule has 0 aromatic carbocycles. The van der Waals surface area contributed by atoms with Gasteiger partial charge in [-0.2, -0.15) is 5.10 Å². The summed E-state index contributed by atoms with van der Waals surface area (Å²) in [6.07, 6.45) is 5.32. The molecule has 0 radical (unpaired) electrons. The molecule has 0 unspecified atom stereocenters. The first-order valence-corrected chi connectivity index (χ1v) is 8.98. The molecule has 0 aliphatic carbocycles. The fourth-order valence-corrected chi connectivity index (χ4v) is 3.49. The van der Waals surface area contributed by atoms with E-state index in [-0.39, 0.29) is 17.9 Å². The Labute approximate surface area is 151 Å². The minimum absolute atomic E-state index is 0.0479. The van der Waals surface area contributed by atoms with Crippen molar-refractivity contribution >= 4 is 17.1 Å². The number of aromatic amines is 1. The molecule has 4 heterocycles. The highest BCUT2D eigenvalue weighted by atomic mass is 16.5. The smallest absolute Gasteiger partial charge is 0.269 e. The number of ether oxygens (including phenoxy) is 1. The number of aryl methyl sites for hydroxylation is 1. The first-order chi connectivity index (χ1) is 12.8. The van der Waals surface area contributed by atoms with Gasteiger partial charge in [-0.05, 0) is 38.0 Å². The molecule has 1 amide bonds. The van der Waals surface area contributed by atoms with Gasteiger partial charge in [-0.1, -0.05) is 0 Å².